The monoisotopic (exact) mass is 361 g/mol. The van der Waals surface area contributed by atoms with Gasteiger partial charge in [0.1, 0.15) is 17.9 Å². The zero-order valence-electron chi connectivity index (χ0n) is 14.8. The van der Waals surface area contributed by atoms with Gasteiger partial charge in [0, 0.05) is 25.2 Å². The van der Waals surface area contributed by atoms with Crippen LogP contribution in [-0.4, -0.2) is 53.5 Å². The molecule has 1 aliphatic heterocycles. The summed E-state index contributed by atoms with van der Waals surface area (Å²) in [5.74, 6) is 1.17. The number of carbonyl (C=O) groups is 1. The Kier molecular flexibility index (Phi) is 3.81. The third-order valence-electron chi connectivity index (χ3n) is 5.18. The Morgan fingerprint density at radius 1 is 1.07 bits per heavy atom. The predicted molar refractivity (Wildman–Crippen MR) is 99.1 cm³/mol. The van der Waals surface area contributed by atoms with Crippen LogP contribution in [0, 0.1) is 0 Å². The van der Waals surface area contributed by atoms with E-state index in [0.29, 0.717) is 6.54 Å². The summed E-state index contributed by atoms with van der Waals surface area (Å²) in [4.78, 5) is 14.8. The van der Waals surface area contributed by atoms with Crippen molar-refractivity contribution in [2.24, 2.45) is 0 Å². The molecule has 0 bridgehead atoms. The molecule has 27 heavy (non-hydrogen) atoms. The summed E-state index contributed by atoms with van der Waals surface area (Å²) >= 11 is 0. The molecule has 3 aromatic heterocycles. The summed E-state index contributed by atoms with van der Waals surface area (Å²) in [5.41, 5.74) is 2.52. The summed E-state index contributed by atoms with van der Waals surface area (Å²) < 4.78 is 3.69. The van der Waals surface area contributed by atoms with Crippen molar-refractivity contribution in [2.45, 2.75) is 25.3 Å². The topological polar surface area (TPSA) is 81.2 Å². The van der Waals surface area contributed by atoms with Crippen molar-refractivity contribution < 1.29 is 4.79 Å². The number of nitrogens with zero attached hydrogens (tertiary/aromatic N) is 7. The molecule has 5 rings (SSSR count). The van der Waals surface area contributed by atoms with Gasteiger partial charge < -0.3 is 4.90 Å². The van der Waals surface area contributed by atoms with Crippen LogP contribution in [0.1, 0.15) is 24.6 Å². The van der Waals surface area contributed by atoms with Crippen LogP contribution in [0.4, 0.5) is 0 Å². The lowest BCUT2D eigenvalue weighted by atomic mass is 9.97. The van der Waals surface area contributed by atoms with Gasteiger partial charge in [0.15, 0.2) is 5.65 Å². The minimum absolute atomic E-state index is 0.0594. The van der Waals surface area contributed by atoms with Crippen molar-refractivity contribution in [3.63, 3.8) is 0 Å². The molecule has 0 radical (unpaired) electrons. The van der Waals surface area contributed by atoms with E-state index >= 15 is 0 Å². The van der Waals surface area contributed by atoms with Gasteiger partial charge in [0.05, 0.1) is 5.52 Å². The Bertz CT molecular complexity index is 1120. The lowest BCUT2D eigenvalue weighted by Crippen LogP contribution is -2.41. The minimum Gasteiger partial charge on any atom is -0.340 e. The minimum atomic E-state index is 0.0594. The number of hydrogen-bond donors (Lipinski definition) is 0. The van der Waals surface area contributed by atoms with Crippen LogP contribution in [0.25, 0.3) is 16.7 Å². The molecule has 1 amide bonds. The second kappa shape index (κ2) is 6.46. The molecule has 1 atom stereocenters. The van der Waals surface area contributed by atoms with Gasteiger partial charge in [-0.1, -0.05) is 23.4 Å². The first-order valence-electron chi connectivity index (χ1n) is 9.15. The lowest BCUT2D eigenvalue weighted by molar-refractivity contribution is -0.133. The number of pyridine rings is 1. The maximum atomic E-state index is 12.9. The molecule has 1 aliphatic rings. The summed E-state index contributed by atoms with van der Waals surface area (Å²) in [7, 11) is 0. The van der Waals surface area contributed by atoms with E-state index in [1.807, 2.05) is 58.0 Å². The first kappa shape index (κ1) is 15.9. The average molecular weight is 361 g/mol. The van der Waals surface area contributed by atoms with Crippen LogP contribution >= 0.6 is 0 Å². The quantitative estimate of drug-likeness (QED) is 0.556. The molecule has 136 valence electrons. The highest BCUT2D eigenvalue weighted by Crippen LogP contribution is 2.26. The highest BCUT2D eigenvalue weighted by molar-refractivity contribution is 5.80. The number of para-hydroxylation sites is 1. The third-order valence-corrected chi connectivity index (χ3v) is 5.18. The van der Waals surface area contributed by atoms with E-state index in [1.54, 1.807) is 4.68 Å². The molecule has 1 fully saturated rings. The maximum absolute atomic E-state index is 12.9. The molecule has 1 saturated heterocycles. The van der Waals surface area contributed by atoms with Crippen molar-refractivity contribution in [1.29, 1.82) is 0 Å². The van der Waals surface area contributed by atoms with Gasteiger partial charge in [-0.3, -0.25) is 9.20 Å². The van der Waals surface area contributed by atoms with E-state index in [2.05, 4.69) is 20.5 Å². The number of piperidine rings is 1. The summed E-state index contributed by atoms with van der Waals surface area (Å²) in [6, 6.07) is 13.5. The normalized spacial score (nSPS) is 17.6. The zero-order chi connectivity index (χ0) is 18.2. The molecular formula is C19H19N7O. The second-order valence-corrected chi connectivity index (χ2v) is 6.90. The van der Waals surface area contributed by atoms with Crippen LogP contribution < -0.4 is 0 Å². The number of rotatable bonds is 3. The standard InChI is InChI=1S/C19H19N7O/c27-18(13-26-16-8-2-1-7-15(16)20-23-26)24-10-5-6-14(12-24)19-22-21-17-9-3-4-11-25(17)19/h1-4,7-9,11,14H,5-6,10,12-13H2. The van der Waals surface area contributed by atoms with Gasteiger partial charge in [-0.05, 0) is 37.1 Å². The van der Waals surface area contributed by atoms with Crippen molar-refractivity contribution >= 4 is 22.6 Å². The van der Waals surface area contributed by atoms with Crippen LogP contribution in [0.3, 0.4) is 0 Å². The lowest BCUT2D eigenvalue weighted by Gasteiger charge is -2.32. The van der Waals surface area contributed by atoms with E-state index in [4.69, 9.17) is 0 Å². The molecule has 4 aromatic rings. The molecule has 1 aromatic carbocycles. The highest BCUT2D eigenvalue weighted by atomic mass is 16.2. The van der Waals surface area contributed by atoms with Crippen molar-refractivity contribution in [1.82, 2.24) is 34.5 Å². The molecule has 0 aliphatic carbocycles. The van der Waals surface area contributed by atoms with Crippen molar-refractivity contribution in [2.75, 3.05) is 13.1 Å². The fraction of sp³-hybridized carbons (Fsp3) is 0.316. The predicted octanol–water partition coefficient (Wildman–Crippen LogP) is 1.88. The van der Waals surface area contributed by atoms with Gasteiger partial charge in [-0.2, -0.15) is 0 Å². The smallest absolute Gasteiger partial charge is 0.244 e. The Labute approximate surface area is 155 Å². The molecule has 1 unspecified atom stereocenters. The van der Waals surface area contributed by atoms with Crippen LogP contribution in [-0.2, 0) is 11.3 Å². The van der Waals surface area contributed by atoms with E-state index < -0.39 is 0 Å². The number of benzene rings is 1. The SMILES string of the molecule is O=C(Cn1nnc2ccccc21)N1CCCC(c2nnc3ccccn23)C1. The summed E-state index contributed by atoms with van der Waals surface area (Å²) in [6.07, 6.45) is 3.94. The first-order valence-corrected chi connectivity index (χ1v) is 9.15. The fourth-order valence-electron chi connectivity index (χ4n) is 3.81. The molecule has 8 nitrogen and oxygen atoms in total. The number of hydrogen-bond acceptors (Lipinski definition) is 5. The second-order valence-electron chi connectivity index (χ2n) is 6.90. The van der Waals surface area contributed by atoms with Crippen LogP contribution in [0.15, 0.2) is 48.7 Å². The van der Waals surface area contributed by atoms with Gasteiger partial charge in [0.25, 0.3) is 0 Å². The number of likely N-dealkylation sites (tertiary alicyclic amines) is 1. The van der Waals surface area contributed by atoms with E-state index in [-0.39, 0.29) is 18.4 Å². The van der Waals surface area contributed by atoms with Gasteiger partial charge in [0.2, 0.25) is 5.91 Å². The zero-order valence-corrected chi connectivity index (χ0v) is 14.8. The van der Waals surface area contributed by atoms with Crippen LogP contribution in [0.5, 0.6) is 0 Å². The molecular weight excluding hydrogens is 342 g/mol. The molecule has 8 heteroatoms. The van der Waals surface area contributed by atoms with Gasteiger partial charge >= 0.3 is 0 Å². The Balaban J connectivity index is 1.35. The highest BCUT2D eigenvalue weighted by Gasteiger charge is 2.28. The molecule has 0 N–H and O–H groups in total. The maximum Gasteiger partial charge on any atom is 0.244 e. The van der Waals surface area contributed by atoms with E-state index in [1.165, 1.54) is 0 Å². The first-order chi connectivity index (χ1) is 13.3. The Hall–Kier alpha value is -3.29. The number of carbonyl (C=O) groups excluding carboxylic acids is 1. The molecule has 0 spiro atoms. The Morgan fingerprint density at radius 2 is 1.96 bits per heavy atom. The van der Waals surface area contributed by atoms with Crippen molar-refractivity contribution in [3.05, 3.63) is 54.5 Å². The average Bonchev–Trinajstić information content (AvgIpc) is 3.33. The Morgan fingerprint density at radius 3 is 2.93 bits per heavy atom. The molecule has 0 saturated carbocycles. The van der Waals surface area contributed by atoms with Crippen LogP contribution in [0.2, 0.25) is 0 Å². The summed E-state index contributed by atoms with van der Waals surface area (Å²) in [6.45, 7) is 1.62. The number of amides is 1. The third kappa shape index (κ3) is 2.83. The fourth-order valence-corrected chi connectivity index (χ4v) is 3.81. The molecule has 4 heterocycles. The largest absolute Gasteiger partial charge is 0.340 e. The number of aromatic nitrogens is 6. The number of fused-ring (bicyclic) bond motifs is 2. The van der Waals surface area contributed by atoms with E-state index in [0.717, 1.165) is 41.9 Å². The van der Waals surface area contributed by atoms with E-state index in [9.17, 15) is 4.79 Å². The summed E-state index contributed by atoms with van der Waals surface area (Å²) in [5, 5.41) is 16.9. The van der Waals surface area contributed by atoms with Gasteiger partial charge in [-0.25, -0.2) is 4.68 Å². The van der Waals surface area contributed by atoms with Gasteiger partial charge in [-0.15, -0.1) is 15.3 Å². The van der Waals surface area contributed by atoms with Crippen molar-refractivity contribution in [3.8, 4) is 0 Å².